The molecule has 0 unspecified atom stereocenters. The van der Waals surface area contributed by atoms with Gasteiger partial charge in [0.25, 0.3) is 5.91 Å². The highest BCUT2D eigenvalue weighted by Gasteiger charge is 2.18. The first-order chi connectivity index (χ1) is 47.4. The minimum absolute atomic E-state index is 0.00314. The van der Waals surface area contributed by atoms with E-state index in [4.69, 9.17) is 21.1 Å². The molecular weight excluding hydrogens is 1540 g/mol. The van der Waals surface area contributed by atoms with Gasteiger partial charge in [0.05, 0.1) is 54.0 Å². The molecule has 8 N–H and O–H groups in total. The lowest BCUT2D eigenvalue weighted by Crippen LogP contribution is -2.17. The van der Waals surface area contributed by atoms with Crippen LogP contribution in [0.4, 0.5) is 11.6 Å². The van der Waals surface area contributed by atoms with Gasteiger partial charge in [0, 0.05) is 83.9 Å². The Hall–Kier alpha value is -10.1. The Morgan fingerprint density at radius 1 is 0.525 bits per heavy atom. The molecule has 3 aromatic heterocycles. The SMILES string of the molecule is CC(C)(C)c1cc(Br)c(O)c(C=NCc2ccccn2)c1.COc1cc(Br)cc(/C=N/NC(=O)c2ccccc2)c1O.COc1cc(Br)cc(C=NCC(=O)c2ccccc2)c1O.Cc1cc(/C=N/Nc2ccccn2)c(O)c(Br)c1C.Oc1ccc(Cl)cc1/C=N/Nc1ccccn1. The van der Waals surface area contributed by atoms with Crippen molar-refractivity contribution in [3.05, 3.63) is 279 Å². The van der Waals surface area contributed by atoms with E-state index in [1.165, 1.54) is 38.9 Å². The Kier molecular flexibility index (Phi) is 31.4. The van der Waals surface area contributed by atoms with Crippen LogP contribution in [0.5, 0.6) is 40.2 Å². The second kappa shape index (κ2) is 39.9. The summed E-state index contributed by atoms with van der Waals surface area (Å²) in [6.07, 6.45) is 12.7. The number of carbonyl (C=O) groups excluding carboxylic acids is 2. The molecule has 25 heteroatoms. The van der Waals surface area contributed by atoms with Crippen LogP contribution in [0.25, 0.3) is 0 Å². The first kappa shape index (κ1) is 77.9. The number of carbonyl (C=O) groups is 2. The highest BCUT2D eigenvalue weighted by Crippen LogP contribution is 2.36. The third-order valence-electron chi connectivity index (χ3n) is 13.6. The number of anilines is 2. The minimum atomic E-state index is -0.326. The summed E-state index contributed by atoms with van der Waals surface area (Å²) in [6, 6.07) is 51.6. The Bertz CT molecular complexity index is 4320. The van der Waals surface area contributed by atoms with E-state index in [1.54, 1.807) is 110 Å². The first-order valence-corrected chi connectivity index (χ1v) is 33.4. The number of phenolic OH excluding ortho intramolecular Hbond substituents is 5. The van der Waals surface area contributed by atoms with Crippen LogP contribution in [0.3, 0.4) is 0 Å². The number of nitrogens with zero attached hydrogens (tertiary/aromatic N) is 8. The Labute approximate surface area is 612 Å². The zero-order valence-electron chi connectivity index (χ0n) is 54.6. The number of Topliss-reactive ketones (excluding diaryl/α,β-unsaturated/α-hetero) is 1. The van der Waals surface area contributed by atoms with E-state index in [1.807, 2.05) is 105 Å². The maximum Gasteiger partial charge on any atom is 0.271 e. The topological polar surface area (TPSA) is 290 Å². The van der Waals surface area contributed by atoms with Gasteiger partial charge >= 0.3 is 0 Å². The Morgan fingerprint density at radius 2 is 1.02 bits per heavy atom. The van der Waals surface area contributed by atoms with Crippen LogP contribution in [0.15, 0.2) is 238 Å². The maximum atomic E-state index is 11.9. The van der Waals surface area contributed by atoms with Gasteiger partial charge in [0.1, 0.15) is 35.4 Å². The third-order valence-corrected chi connectivity index (χ3v) is 16.3. The predicted molar refractivity (Wildman–Crippen MR) is 409 cm³/mol. The second-order valence-corrected chi connectivity index (χ2v) is 25.7. The molecule has 0 saturated carbocycles. The van der Waals surface area contributed by atoms with Crippen LogP contribution in [-0.2, 0) is 12.0 Å². The number of aromatic hydroxyl groups is 5. The average Bonchev–Trinajstić information content (AvgIpc) is 0.848. The standard InChI is InChI=1S/C17H19BrN2O.C16H14BrNO3.C15H13BrN2O3.C14H14BrN3O.C12H10ClN3O/c1-17(2,3)13-8-12(16(21)15(18)9-13)10-19-11-14-6-4-5-7-20-14;1-21-15-8-13(17)7-12(16(15)20)9-18-10-14(19)11-5-3-2-4-6-11;1-21-13-8-12(16)7-11(14(13)19)9-17-18-15(20)10-5-3-2-4-6-10;1-9-7-11(14(19)13(15)10(9)2)8-17-18-12-5-3-4-6-16-12;13-10-4-5-11(17)9(7-10)8-15-16-12-3-1-2-6-14-12/h4-10,21H,11H2,1-3H3;2-9,20H,10H2,1H3;2-9,19H,1H3,(H,18,20);3-8,19H,1-2H3,(H,16,18);1-8,17H,(H,14,16)/b;;17-9+;17-8+;15-8+. The van der Waals surface area contributed by atoms with Crippen molar-refractivity contribution in [2.24, 2.45) is 25.3 Å². The van der Waals surface area contributed by atoms with Crippen molar-refractivity contribution in [1.82, 2.24) is 20.4 Å². The van der Waals surface area contributed by atoms with Crippen molar-refractivity contribution in [1.29, 1.82) is 0 Å². The number of aromatic nitrogens is 3. The van der Waals surface area contributed by atoms with Gasteiger partial charge in [0.2, 0.25) is 0 Å². The van der Waals surface area contributed by atoms with Gasteiger partial charge in [-0.2, -0.15) is 15.3 Å². The quantitative estimate of drug-likeness (QED) is 0.0225. The number of hydrazone groups is 3. The molecule has 0 spiro atoms. The maximum absolute atomic E-state index is 11.9. The van der Waals surface area contributed by atoms with Crippen LogP contribution >= 0.6 is 75.3 Å². The fraction of sp³-hybridized carbons (Fsp3) is 0.135. The second-order valence-electron chi connectivity index (χ2n) is 21.8. The van der Waals surface area contributed by atoms with Crippen LogP contribution < -0.4 is 25.8 Å². The molecule has 0 fully saturated rings. The molecule has 20 nitrogen and oxygen atoms in total. The molecule has 0 atom stereocenters. The summed E-state index contributed by atoms with van der Waals surface area (Å²) >= 11 is 19.2. The number of rotatable bonds is 18. The number of halogens is 5. The smallest absolute Gasteiger partial charge is 0.271 e. The van der Waals surface area contributed by atoms with Gasteiger partial charge in [-0.05, 0) is 177 Å². The van der Waals surface area contributed by atoms with Crippen LogP contribution in [0.2, 0.25) is 5.02 Å². The van der Waals surface area contributed by atoms with E-state index < -0.39 is 0 Å². The largest absolute Gasteiger partial charge is 0.507 e. The summed E-state index contributed by atoms with van der Waals surface area (Å²) in [5.41, 5.74) is 16.1. The number of ether oxygens (including phenoxy) is 2. The predicted octanol–water partition coefficient (Wildman–Crippen LogP) is 17.4. The van der Waals surface area contributed by atoms with E-state index in [2.05, 4.69) is 141 Å². The summed E-state index contributed by atoms with van der Waals surface area (Å²) < 4.78 is 13.0. The van der Waals surface area contributed by atoms with Gasteiger partial charge in [-0.15, -0.1) is 0 Å². The zero-order chi connectivity index (χ0) is 71.9. The van der Waals surface area contributed by atoms with Crippen LogP contribution in [0.1, 0.15) is 91.7 Å². The van der Waals surface area contributed by atoms with Gasteiger partial charge in [-0.1, -0.05) is 131 Å². The van der Waals surface area contributed by atoms with E-state index in [-0.39, 0.29) is 52.4 Å². The van der Waals surface area contributed by atoms with Gasteiger partial charge in [-0.3, -0.25) is 35.4 Å². The number of hydrogen-bond donors (Lipinski definition) is 8. The van der Waals surface area contributed by atoms with Crippen LogP contribution in [-0.4, -0.2) is 104 Å². The number of aliphatic imine (C=N–C) groups is 2. The summed E-state index contributed by atoms with van der Waals surface area (Å²) in [7, 11) is 2.93. The highest BCUT2D eigenvalue weighted by molar-refractivity contribution is 9.11. The molecule has 7 aromatic carbocycles. The summed E-state index contributed by atoms with van der Waals surface area (Å²) in [5.74, 6) is 2.03. The van der Waals surface area contributed by atoms with Gasteiger partial charge < -0.3 is 35.0 Å². The molecule has 0 radical (unpaired) electrons. The van der Waals surface area contributed by atoms with Crippen molar-refractivity contribution in [3.8, 4) is 40.2 Å². The summed E-state index contributed by atoms with van der Waals surface area (Å²) in [5, 5.41) is 62.0. The van der Waals surface area contributed by atoms with Crippen molar-refractivity contribution >= 4 is 130 Å². The summed E-state index contributed by atoms with van der Waals surface area (Å²) in [4.78, 5) is 44.5. The molecule has 3 heterocycles. The molecule has 510 valence electrons. The molecule has 10 aromatic rings. The van der Waals surface area contributed by atoms with E-state index >= 15 is 0 Å². The lowest BCUT2D eigenvalue weighted by Gasteiger charge is -2.20. The van der Waals surface area contributed by atoms with Gasteiger partial charge in [-0.25, -0.2) is 15.4 Å². The number of methoxy groups -OCH3 is 2. The van der Waals surface area contributed by atoms with Gasteiger partial charge in [0.15, 0.2) is 28.8 Å². The fourth-order valence-corrected chi connectivity index (χ4v) is 10.2. The van der Waals surface area contributed by atoms with Crippen molar-refractivity contribution in [2.45, 2.75) is 46.6 Å². The lowest BCUT2D eigenvalue weighted by atomic mass is 9.86. The number of phenols is 5. The normalized spacial score (nSPS) is 11.0. The molecule has 0 aliphatic carbocycles. The number of benzene rings is 7. The Balaban J connectivity index is 0.000000195. The van der Waals surface area contributed by atoms with Crippen molar-refractivity contribution < 1.29 is 44.6 Å². The fourth-order valence-electron chi connectivity index (χ4n) is 8.14. The zero-order valence-corrected chi connectivity index (χ0v) is 61.7. The molecule has 0 aliphatic heterocycles. The highest BCUT2D eigenvalue weighted by atomic mass is 79.9. The number of ketones is 1. The number of pyridine rings is 3. The molecule has 0 saturated heterocycles. The summed E-state index contributed by atoms with van der Waals surface area (Å²) in [6.45, 7) is 10.9. The number of nitrogens with one attached hydrogen (secondary N) is 3. The molecule has 10 rings (SSSR count). The van der Waals surface area contributed by atoms with E-state index in [0.29, 0.717) is 82.6 Å². The number of amides is 1. The van der Waals surface area contributed by atoms with Crippen LogP contribution in [0, 0.1) is 13.8 Å². The number of aryl methyl sites for hydroxylation is 1. The monoisotopic (exact) mass is 1610 g/mol. The molecule has 0 bridgehead atoms. The number of hydrogen-bond acceptors (Lipinski definition) is 19. The molecule has 1 amide bonds. The minimum Gasteiger partial charge on any atom is -0.507 e. The molecule has 0 aliphatic rings. The third kappa shape index (κ3) is 25.7. The first-order valence-electron chi connectivity index (χ1n) is 29.9. The molecule has 99 heavy (non-hydrogen) atoms. The van der Waals surface area contributed by atoms with Crippen molar-refractivity contribution in [2.75, 3.05) is 31.6 Å². The van der Waals surface area contributed by atoms with E-state index in [0.717, 1.165) is 31.3 Å². The van der Waals surface area contributed by atoms with Crippen molar-refractivity contribution in [3.63, 3.8) is 0 Å². The Morgan fingerprint density at radius 3 is 1.56 bits per heavy atom. The average molecular weight is 1610 g/mol. The lowest BCUT2D eigenvalue weighted by molar-refractivity contribution is 0.0953. The molecular formula is C74H70Br4ClN11O9. The van der Waals surface area contributed by atoms with E-state index in [9.17, 15) is 35.1 Å².